The Morgan fingerprint density at radius 2 is 2.00 bits per heavy atom. The average Bonchev–Trinajstić information content (AvgIpc) is 3.47. The summed E-state index contributed by atoms with van der Waals surface area (Å²) in [6.07, 6.45) is 2.28. The van der Waals surface area contributed by atoms with Crippen molar-refractivity contribution in [3.05, 3.63) is 76.9 Å². The van der Waals surface area contributed by atoms with Gasteiger partial charge in [0.15, 0.2) is 0 Å². The zero-order valence-electron chi connectivity index (χ0n) is 19.3. The van der Waals surface area contributed by atoms with Crippen LogP contribution in [0, 0.1) is 11.6 Å². The number of halogens is 3. The number of benzene rings is 1. The monoisotopic (exact) mass is 488 g/mol. The summed E-state index contributed by atoms with van der Waals surface area (Å²) in [5, 5.41) is 2.72. The highest BCUT2D eigenvalue weighted by Gasteiger charge is 2.41. The number of hydrogen-bond donors (Lipinski definition) is 4. The van der Waals surface area contributed by atoms with Gasteiger partial charge in [0.1, 0.15) is 23.8 Å². The van der Waals surface area contributed by atoms with E-state index in [1.165, 1.54) is 23.2 Å². The number of rotatable bonds is 7. The van der Waals surface area contributed by atoms with E-state index in [1.807, 2.05) is 13.8 Å². The van der Waals surface area contributed by atoms with Crippen molar-refractivity contribution in [3.63, 3.8) is 0 Å². The molecule has 1 aromatic heterocycles. The standard InChI is InChI=1S/C24H27F3N6O2/c1-13(2)17-4-3-14(7-19(17)26)23(18-5-6-28-11-20(18)27)30-24(35)21-8-15(25)12-33(21)22(34)9-16-10-29-32-31-16/h3-7,10-11,13,15,21,23,29,31-32H,8-9,12H2,1-2H3,(H,30,35)/t15-,21+,23?/m1/s1. The van der Waals surface area contributed by atoms with Gasteiger partial charge in [-0.25, -0.2) is 13.2 Å². The van der Waals surface area contributed by atoms with Gasteiger partial charge in [0, 0.05) is 24.4 Å². The molecule has 186 valence electrons. The second kappa shape index (κ2) is 10.3. The van der Waals surface area contributed by atoms with E-state index in [4.69, 9.17) is 0 Å². The van der Waals surface area contributed by atoms with Gasteiger partial charge in [0.25, 0.3) is 0 Å². The molecule has 0 aliphatic carbocycles. The summed E-state index contributed by atoms with van der Waals surface area (Å²) in [5.74, 6) is -2.32. The molecule has 0 spiro atoms. The number of carbonyl (C=O) groups is 2. The molecule has 1 aromatic carbocycles. The lowest BCUT2D eigenvalue weighted by Gasteiger charge is -2.27. The topological polar surface area (TPSA) is 98.4 Å². The van der Waals surface area contributed by atoms with Crippen LogP contribution in [0.4, 0.5) is 13.2 Å². The van der Waals surface area contributed by atoms with E-state index < -0.39 is 41.7 Å². The van der Waals surface area contributed by atoms with Crippen LogP contribution in [0.5, 0.6) is 0 Å². The van der Waals surface area contributed by atoms with Crippen molar-refractivity contribution in [1.82, 2.24) is 31.6 Å². The summed E-state index contributed by atoms with van der Waals surface area (Å²) in [6.45, 7) is 3.47. The minimum atomic E-state index is -1.38. The minimum Gasteiger partial charge on any atom is -0.343 e. The van der Waals surface area contributed by atoms with Gasteiger partial charge in [-0.05, 0) is 29.2 Å². The summed E-state index contributed by atoms with van der Waals surface area (Å²) in [5.41, 5.74) is 9.44. The second-order valence-corrected chi connectivity index (χ2v) is 8.91. The second-order valence-electron chi connectivity index (χ2n) is 8.91. The zero-order valence-corrected chi connectivity index (χ0v) is 19.3. The Hall–Kier alpha value is -3.60. The lowest BCUT2D eigenvalue weighted by molar-refractivity contribution is -0.138. The number of hydrogen-bond acceptors (Lipinski definition) is 6. The van der Waals surface area contributed by atoms with Crippen molar-refractivity contribution in [2.45, 2.75) is 50.9 Å². The Bertz CT molecular complexity index is 1140. The predicted molar refractivity (Wildman–Crippen MR) is 122 cm³/mol. The molecular weight excluding hydrogens is 461 g/mol. The molecule has 2 aliphatic heterocycles. The molecule has 3 heterocycles. The largest absolute Gasteiger partial charge is 0.343 e. The molecule has 1 unspecified atom stereocenters. The highest BCUT2D eigenvalue weighted by Crippen LogP contribution is 2.29. The Labute approximate surface area is 200 Å². The molecular formula is C24H27F3N6O2. The molecule has 11 heteroatoms. The van der Waals surface area contributed by atoms with Crippen molar-refractivity contribution < 1.29 is 22.8 Å². The smallest absolute Gasteiger partial charge is 0.243 e. The van der Waals surface area contributed by atoms with Crippen LogP contribution in [0.1, 0.15) is 55.3 Å². The van der Waals surface area contributed by atoms with Crippen molar-refractivity contribution in [2.24, 2.45) is 0 Å². The number of nitrogens with zero attached hydrogens (tertiary/aromatic N) is 2. The third-order valence-corrected chi connectivity index (χ3v) is 6.14. The molecule has 2 amide bonds. The molecule has 3 atom stereocenters. The Kier molecular flexibility index (Phi) is 7.25. The van der Waals surface area contributed by atoms with Crippen LogP contribution < -0.4 is 21.7 Å². The molecule has 4 N–H and O–H groups in total. The Balaban J connectivity index is 1.61. The SMILES string of the molecule is CC(C)c1ccc(C(NC(=O)[C@@H]2C[C@@H](F)CN2C(=O)CC2=CNNN2)c2ccncc2F)cc1F. The van der Waals surface area contributed by atoms with E-state index in [-0.39, 0.29) is 30.9 Å². The highest BCUT2D eigenvalue weighted by molar-refractivity contribution is 5.89. The average molecular weight is 489 g/mol. The molecule has 0 radical (unpaired) electrons. The normalized spacial score (nSPS) is 20.3. The van der Waals surface area contributed by atoms with Crippen LogP contribution in [0.3, 0.4) is 0 Å². The van der Waals surface area contributed by atoms with Gasteiger partial charge < -0.3 is 21.1 Å². The van der Waals surface area contributed by atoms with Crippen LogP contribution in [0.15, 0.2) is 48.6 Å². The Morgan fingerprint density at radius 3 is 2.66 bits per heavy atom. The molecule has 0 bridgehead atoms. The van der Waals surface area contributed by atoms with Crippen molar-refractivity contribution >= 4 is 11.8 Å². The van der Waals surface area contributed by atoms with Crippen molar-refractivity contribution in [1.29, 1.82) is 0 Å². The Morgan fingerprint density at radius 1 is 1.20 bits per heavy atom. The van der Waals surface area contributed by atoms with Crippen molar-refractivity contribution in [2.75, 3.05) is 6.54 Å². The molecule has 4 rings (SSSR count). The molecule has 2 aliphatic rings. The number of pyridine rings is 1. The van der Waals surface area contributed by atoms with Crippen LogP contribution in [-0.2, 0) is 9.59 Å². The summed E-state index contributed by atoms with van der Waals surface area (Å²) < 4.78 is 43.8. The first-order valence-electron chi connectivity index (χ1n) is 11.3. The first-order chi connectivity index (χ1) is 16.7. The van der Waals surface area contributed by atoms with Crippen LogP contribution in [0.2, 0.25) is 0 Å². The minimum absolute atomic E-state index is 0.0656. The molecule has 1 saturated heterocycles. The van der Waals surface area contributed by atoms with E-state index in [0.29, 0.717) is 16.8 Å². The highest BCUT2D eigenvalue weighted by atomic mass is 19.1. The van der Waals surface area contributed by atoms with Gasteiger partial charge in [-0.2, -0.15) is 5.53 Å². The first kappa shape index (κ1) is 24.5. The van der Waals surface area contributed by atoms with E-state index in [1.54, 1.807) is 18.3 Å². The van der Waals surface area contributed by atoms with E-state index in [0.717, 1.165) is 6.20 Å². The molecule has 1 fully saturated rings. The summed E-state index contributed by atoms with van der Waals surface area (Å²) >= 11 is 0. The van der Waals surface area contributed by atoms with Crippen LogP contribution in [-0.4, -0.2) is 40.5 Å². The first-order valence-corrected chi connectivity index (χ1v) is 11.3. The van der Waals surface area contributed by atoms with Crippen molar-refractivity contribution in [3.8, 4) is 0 Å². The maximum atomic E-state index is 14.8. The van der Waals surface area contributed by atoms with Gasteiger partial charge in [-0.15, -0.1) is 0 Å². The molecule has 0 saturated carbocycles. The number of nitrogens with one attached hydrogen (secondary N) is 4. The summed E-state index contributed by atoms with van der Waals surface area (Å²) in [7, 11) is 0. The lowest BCUT2D eigenvalue weighted by Crippen LogP contribution is -2.47. The fourth-order valence-electron chi connectivity index (χ4n) is 4.33. The number of amides is 2. The third-order valence-electron chi connectivity index (χ3n) is 6.14. The van der Waals surface area contributed by atoms with E-state index in [9.17, 15) is 22.8 Å². The molecule has 8 nitrogen and oxygen atoms in total. The predicted octanol–water partition coefficient (Wildman–Crippen LogP) is 2.47. The summed E-state index contributed by atoms with van der Waals surface area (Å²) in [6, 6.07) is 3.71. The molecule has 2 aromatic rings. The van der Waals surface area contributed by atoms with Gasteiger partial charge in [0.2, 0.25) is 11.8 Å². The fourth-order valence-corrected chi connectivity index (χ4v) is 4.33. The van der Waals surface area contributed by atoms with Crippen LogP contribution in [0.25, 0.3) is 0 Å². The maximum Gasteiger partial charge on any atom is 0.243 e. The van der Waals surface area contributed by atoms with E-state index >= 15 is 0 Å². The molecule has 35 heavy (non-hydrogen) atoms. The van der Waals surface area contributed by atoms with Gasteiger partial charge in [0.05, 0.1) is 30.9 Å². The summed E-state index contributed by atoms with van der Waals surface area (Å²) in [4.78, 5) is 31.1. The van der Waals surface area contributed by atoms with Gasteiger partial charge >= 0.3 is 0 Å². The van der Waals surface area contributed by atoms with Gasteiger partial charge in [-0.3, -0.25) is 14.6 Å². The number of aromatic nitrogens is 1. The van der Waals surface area contributed by atoms with Crippen LogP contribution >= 0.6 is 0 Å². The van der Waals surface area contributed by atoms with E-state index in [2.05, 4.69) is 26.7 Å². The quantitative estimate of drug-likeness (QED) is 0.478. The third kappa shape index (κ3) is 5.40. The zero-order chi connectivity index (χ0) is 25.1. The number of alkyl halides is 1. The maximum absolute atomic E-state index is 14.8. The fraction of sp³-hybridized carbons (Fsp3) is 0.375. The number of likely N-dealkylation sites (tertiary alicyclic amines) is 1. The number of carbonyl (C=O) groups excluding carboxylic acids is 2. The number of hydrazine groups is 2. The lowest BCUT2D eigenvalue weighted by atomic mass is 9.94. The van der Waals surface area contributed by atoms with Gasteiger partial charge in [-0.1, -0.05) is 26.0 Å².